The van der Waals surface area contributed by atoms with E-state index in [1.54, 1.807) is 30.3 Å². The van der Waals surface area contributed by atoms with E-state index < -0.39 is 32.9 Å². The molecular formula is C16H13F3O6S. The van der Waals surface area contributed by atoms with Crippen LogP contribution in [0.1, 0.15) is 15.9 Å². The standard InChI is InChI=1S/C16H13F3O6S/c1-23-12-8-5-9-13(25-26(21,22)16(17,18)19)14(12)15(20)24-10-11-6-3-2-4-7-11/h2-9H,10H2,1H3. The van der Waals surface area contributed by atoms with Crippen LogP contribution in [0.15, 0.2) is 48.5 Å². The second-order valence-corrected chi connectivity index (χ2v) is 6.42. The maximum Gasteiger partial charge on any atom is 0.534 e. The van der Waals surface area contributed by atoms with Gasteiger partial charge in [0.15, 0.2) is 5.75 Å². The van der Waals surface area contributed by atoms with Gasteiger partial charge in [0.1, 0.15) is 17.9 Å². The van der Waals surface area contributed by atoms with Crippen molar-refractivity contribution in [2.45, 2.75) is 12.1 Å². The number of benzene rings is 2. The Morgan fingerprint density at radius 2 is 1.62 bits per heavy atom. The second kappa shape index (κ2) is 7.65. The van der Waals surface area contributed by atoms with Crippen LogP contribution in [0, 0.1) is 0 Å². The molecule has 2 aromatic carbocycles. The summed E-state index contributed by atoms with van der Waals surface area (Å²) in [5.74, 6) is -2.14. The molecule has 0 aliphatic rings. The van der Waals surface area contributed by atoms with Crippen molar-refractivity contribution in [3.8, 4) is 11.5 Å². The number of hydrogen-bond acceptors (Lipinski definition) is 6. The maximum atomic E-state index is 12.5. The highest BCUT2D eigenvalue weighted by Crippen LogP contribution is 2.33. The number of ether oxygens (including phenoxy) is 2. The van der Waals surface area contributed by atoms with Gasteiger partial charge in [0.25, 0.3) is 0 Å². The first-order valence-electron chi connectivity index (χ1n) is 7.04. The number of halogens is 3. The molecule has 0 N–H and O–H groups in total. The summed E-state index contributed by atoms with van der Waals surface area (Å²) in [7, 11) is -4.80. The van der Waals surface area contributed by atoms with E-state index >= 15 is 0 Å². The Labute approximate surface area is 147 Å². The lowest BCUT2D eigenvalue weighted by Gasteiger charge is -2.15. The van der Waals surface area contributed by atoms with Crippen LogP contribution in [0.2, 0.25) is 0 Å². The third-order valence-corrected chi connectivity index (χ3v) is 4.07. The smallest absolute Gasteiger partial charge is 0.496 e. The van der Waals surface area contributed by atoms with Crippen molar-refractivity contribution in [2.75, 3.05) is 7.11 Å². The van der Waals surface area contributed by atoms with Gasteiger partial charge in [-0.2, -0.15) is 21.6 Å². The highest BCUT2D eigenvalue weighted by atomic mass is 32.2. The fourth-order valence-corrected chi connectivity index (χ4v) is 2.38. The molecule has 0 aromatic heterocycles. The molecule has 2 aromatic rings. The molecular weight excluding hydrogens is 377 g/mol. The fraction of sp³-hybridized carbons (Fsp3) is 0.188. The Hall–Kier alpha value is -2.75. The second-order valence-electron chi connectivity index (χ2n) is 4.88. The molecule has 0 spiro atoms. The monoisotopic (exact) mass is 390 g/mol. The lowest BCUT2D eigenvalue weighted by atomic mass is 10.2. The fourth-order valence-electron chi connectivity index (χ4n) is 1.91. The molecule has 0 aliphatic heterocycles. The molecule has 0 saturated carbocycles. The summed E-state index contributed by atoms with van der Waals surface area (Å²) in [6.45, 7) is -0.177. The van der Waals surface area contributed by atoms with E-state index in [0.717, 1.165) is 13.2 Å². The van der Waals surface area contributed by atoms with Crippen molar-refractivity contribution in [3.63, 3.8) is 0 Å². The van der Waals surface area contributed by atoms with E-state index in [1.807, 2.05) is 0 Å². The summed E-state index contributed by atoms with van der Waals surface area (Å²) < 4.78 is 74.1. The molecule has 0 heterocycles. The van der Waals surface area contributed by atoms with Crippen LogP contribution >= 0.6 is 0 Å². The van der Waals surface area contributed by atoms with Crippen LogP contribution in [0.4, 0.5) is 13.2 Å². The van der Waals surface area contributed by atoms with E-state index in [9.17, 15) is 26.4 Å². The van der Waals surface area contributed by atoms with Crippen LogP contribution in [0.3, 0.4) is 0 Å². The zero-order valence-corrected chi connectivity index (χ0v) is 14.1. The van der Waals surface area contributed by atoms with Crippen LogP contribution in [0.5, 0.6) is 11.5 Å². The number of alkyl halides is 3. The first kappa shape index (κ1) is 19.6. The van der Waals surface area contributed by atoms with E-state index in [0.29, 0.717) is 5.56 Å². The van der Waals surface area contributed by atoms with Gasteiger partial charge in [-0.05, 0) is 17.7 Å². The van der Waals surface area contributed by atoms with Crippen LogP contribution in [-0.4, -0.2) is 27.0 Å². The molecule has 0 fully saturated rings. The van der Waals surface area contributed by atoms with Crippen LogP contribution in [-0.2, 0) is 21.5 Å². The Morgan fingerprint density at radius 3 is 2.19 bits per heavy atom. The van der Waals surface area contributed by atoms with Crippen molar-refractivity contribution < 1.29 is 40.0 Å². The summed E-state index contributed by atoms with van der Waals surface area (Å²) in [6.07, 6.45) is 0. The molecule has 0 unspecified atom stereocenters. The largest absolute Gasteiger partial charge is 0.534 e. The van der Waals surface area contributed by atoms with Gasteiger partial charge in [-0.15, -0.1) is 0 Å². The van der Waals surface area contributed by atoms with Crippen molar-refractivity contribution in [1.29, 1.82) is 0 Å². The third-order valence-electron chi connectivity index (χ3n) is 3.11. The Morgan fingerprint density at radius 1 is 1.00 bits per heavy atom. The molecule has 0 radical (unpaired) electrons. The summed E-state index contributed by atoms with van der Waals surface area (Å²) >= 11 is 0. The van der Waals surface area contributed by atoms with Gasteiger partial charge in [-0.25, -0.2) is 4.79 Å². The number of carbonyl (C=O) groups excluding carboxylic acids is 1. The van der Waals surface area contributed by atoms with Gasteiger partial charge in [0.2, 0.25) is 0 Å². The van der Waals surface area contributed by atoms with Crippen molar-refractivity contribution in [1.82, 2.24) is 0 Å². The van der Waals surface area contributed by atoms with Crippen LogP contribution in [0.25, 0.3) is 0 Å². The number of esters is 1. The average molecular weight is 390 g/mol. The Balaban J connectivity index is 2.32. The molecule has 140 valence electrons. The van der Waals surface area contributed by atoms with Crippen molar-refractivity contribution >= 4 is 16.1 Å². The Kier molecular flexibility index (Phi) is 5.76. The molecule has 0 amide bonds. The van der Waals surface area contributed by atoms with Crippen molar-refractivity contribution in [2.24, 2.45) is 0 Å². The zero-order chi connectivity index (χ0) is 19.4. The number of methoxy groups -OCH3 is 1. The third kappa shape index (κ3) is 4.45. The lowest BCUT2D eigenvalue weighted by Crippen LogP contribution is -2.28. The minimum atomic E-state index is -5.96. The zero-order valence-electron chi connectivity index (χ0n) is 13.3. The number of hydrogen-bond donors (Lipinski definition) is 0. The molecule has 0 bridgehead atoms. The van der Waals surface area contributed by atoms with E-state index in [-0.39, 0.29) is 12.4 Å². The van der Waals surface area contributed by atoms with Crippen molar-refractivity contribution in [3.05, 3.63) is 59.7 Å². The average Bonchev–Trinajstić information content (AvgIpc) is 2.59. The molecule has 10 heteroatoms. The SMILES string of the molecule is COc1cccc(OS(=O)(=O)C(F)(F)F)c1C(=O)OCc1ccccc1. The summed E-state index contributed by atoms with van der Waals surface area (Å²) in [5.41, 5.74) is -5.60. The van der Waals surface area contributed by atoms with Gasteiger partial charge in [0, 0.05) is 0 Å². The summed E-state index contributed by atoms with van der Waals surface area (Å²) in [5, 5.41) is 0. The molecule has 26 heavy (non-hydrogen) atoms. The minimum absolute atomic E-state index is 0.177. The van der Waals surface area contributed by atoms with E-state index in [2.05, 4.69) is 4.18 Å². The topological polar surface area (TPSA) is 78.9 Å². The van der Waals surface area contributed by atoms with Gasteiger partial charge >= 0.3 is 21.6 Å². The van der Waals surface area contributed by atoms with Gasteiger partial charge in [-0.3, -0.25) is 0 Å². The van der Waals surface area contributed by atoms with Gasteiger partial charge in [0.05, 0.1) is 7.11 Å². The molecule has 0 atom stereocenters. The highest BCUT2D eigenvalue weighted by Gasteiger charge is 2.49. The minimum Gasteiger partial charge on any atom is -0.496 e. The molecule has 0 saturated heterocycles. The first-order valence-corrected chi connectivity index (χ1v) is 8.45. The van der Waals surface area contributed by atoms with Gasteiger partial charge < -0.3 is 13.7 Å². The first-order chi connectivity index (χ1) is 12.2. The molecule has 0 aliphatic carbocycles. The van der Waals surface area contributed by atoms with E-state index in [1.165, 1.54) is 12.1 Å². The maximum absolute atomic E-state index is 12.5. The Bertz CT molecular complexity index is 879. The predicted molar refractivity (Wildman–Crippen MR) is 84.2 cm³/mol. The summed E-state index contributed by atoms with van der Waals surface area (Å²) in [4.78, 5) is 12.3. The normalized spacial score (nSPS) is 11.7. The lowest BCUT2D eigenvalue weighted by molar-refractivity contribution is -0.0500. The van der Waals surface area contributed by atoms with E-state index in [4.69, 9.17) is 9.47 Å². The quantitative estimate of drug-likeness (QED) is 0.428. The predicted octanol–water partition coefficient (Wildman–Crippen LogP) is 3.28. The highest BCUT2D eigenvalue weighted by molar-refractivity contribution is 7.88. The number of carbonyl (C=O) groups is 1. The summed E-state index contributed by atoms with van der Waals surface area (Å²) in [6, 6.07) is 11.8. The van der Waals surface area contributed by atoms with Gasteiger partial charge in [-0.1, -0.05) is 36.4 Å². The van der Waals surface area contributed by atoms with Crippen LogP contribution < -0.4 is 8.92 Å². The molecule has 2 rings (SSSR count). The number of rotatable bonds is 6. The molecule has 6 nitrogen and oxygen atoms in total.